The molecule has 0 heterocycles. The second-order valence-corrected chi connectivity index (χ2v) is 5.86. The average molecular weight is 379 g/mol. The quantitative estimate of drug-likeness (QED) is 0.750. The van der Waals surface area contributed by atoms with Gasteiger partial charge in [0.25, 0.3) is 0 Å². The lowest BCUT2D eigenvalue weighted by atomic mass is 10.1. The van der Waals surface area contributed by atoms with E-state index < -0.39 is 11.7 Å². The summed E-state index contributed by atoms with van der Waals surface area (Å²) in [4.78, 5) is 0. The van der Waals surface area contributed by atoms with Crippen LogP contribution < -0.4 is 5.32 Å². The van der Waals surface area contributed by atoms with Gasteiger partial charge in [-0.05, 0) is 29.3 Å². The van der Waals surface area contributed by atoms with Crippen LogP contribution in [-0.2, 0) is 19.3 Å². The van der Waals surface area contributed by atoms with Crippen molar-refractivity contribution in [2.75, 3.05) is 0 Å². The average Bonchev–Trinajstić information content (AvgIpc) is 2.41. The van der Waals surface area contributed by atoms with Gasteiger partial charge in [0.2, 0.25) is 0 Å². The Morgan fingerprint density at radius 3 is 2.48 bits per heavy atom. The Morgan fingerprint density at radius 1 is 1.05 bits per heavy atom. The number of alkyl halides is 3. The van der Waals surface area contributed by atoms with Crippen LogP contribution in [0.25, 0.3) is 0 Å². The van der Waals surface area contributed by atoms with Crippen molar-refractivity contribution >= 4 is 27.5 Å². The van der Waals surface area contributed by atoms with Gasteiger partial charge in [-0.1, -0.05) is 51.8 Å². The zero-order valence-corrected chi connectivity index (χ0v) is 13.2. The molecule has 0 aliphatic heterocycles. The summed E-state index contributed by atoms with van der Waals surface area (Å²) >= 11 is 9.39. The fraction of sp³-hybridized carbons (Fsp3) is 0.200. The first kappa shape index (κ1) is 16.3. The molecular weight excluding hydrogens is 367 g/mol. The molecule has 0 saturated heterocycles. The van der Waals surface area contributed by atoms with Gasteiger partial charge in [0.15, 0.2) is 0 Å². The maximum atomic E-state index is 12.6. The molecule has 21 heavy (non-hydrogen) atoms. The van der Waals surface area contributed by atoms with E-state index in [9.17, 15) is 13.2 Å². The summed E-state index contributed by atoms with van der Waals surface area (Å²) in [6, 6.07) is 10.8. The van der Waals surface area contributed by atoms with Crippen molar-refractivity contribution in [3.8, 4) is 0 Å². The van der Waals surface area contributed by atoms with E-state index in [2.05, 4.69) is 21.2 Å². The third-order valence-corrected chi connectivity index (χ3v) is 3.76. The normalized spacial score (nSPS) is 11.7. The van der Waals surface area contributed by atoms with Gasteiger partial charge in [0.1, 0.15) is 0 Å². The van der Waals surface area contributed by atoms with Crippen LogP contribution in [0.15, 0.2) is 46.9 Å². The molecular formula is C15H12BrClF3N. The fourth-order valence-corrected chi connectivity index (χ4v) is 2.60. The summed E-state index contributed by atoms with van der Waals surface area (Å²) < 4.78 is 38.7. The van der Waals surface area contributed by atoms with Crippen LogP contribution in [-0.4, -0.2) is 0 Å². The van der Waals surface area contributed by atoms with Crippen molar-refractivity contribution in [2.24, 2.45) is 0 Å². The molecule has 0 aliphatic carbocycles. The molecule has 112 valence electrons. The lowest BCUT2D eigenvalue weighted by Crippen LogP contribution is -2.14. The van der Waals surface area contributed by atoms with E-state index in [0.29, 0.717) is 23.7 Å². The molecule has 6 heteroatoms. The molecule has 0 aliphatic rings. The number of hydrogen-bond donors (Lipinski definition) is 1. The van der Waals surface area contributed by atoms with Gasteiger partial charge in [-0.2, -0.15) is 13.2 Å². The van der Waals surface area contributed by atoms with E-state index in [-0.39, 0.29) is 0 Å². The molecule has 2 aromatic rings. The summed E-state index contributed by atoms with van der Waals surface area (Å²) in [6.07, 6.45) is -4.31. The first-order chi connectivity index (χ1) is 9.86. The predicted molar refractivity (Wildman–Crippen MR) is 81.1 cm³/mol. The highest BCUT2D eigenvalue weighted by molar-refractivity contribution is 9.10. The molecule has 0 fully saturated rings. The van der Waals surface area contributed by atoms with Crippen molar-refractivity contribution in [2.45, 2.75) is 19.3 Å². The van der Waals surface area contributed by atoms with Crippen molar-refractivity contribution < 1.29 is 13.2 Å². The summed E-state index contributed by atoms with van der Waals surface area (Å²) in [5.74, 6) is 0. The summed E-state index contributed by atoms with van der Waals surface area (Å²) in [6.45, 7) is 0.832. The third-order valence-electron chi connectivity index (χ3n) is 2.91. The van der Waals surface area contributed by atoms with E-state index >= 15 is 0 Å². The number of nitrogens with one attached hydrogen (secondary N) is 1. The Morgan fingerprint density at radius 2 is 1.81 bits per heavy atom. The maximum absolute atomic E-state index is 12.6. The smallest absolute Gasteiger partial charge is 0.309 e. The topological polar surface area (TPSA) is 12.0 Å². The minimum absolute atomic E-state index is 0.344. The summed E-state index contributed by atoms with van der Waals surface area (Å²) in [7, 11) is 0. The SMILES string of the molecule is FC(F)(F)c1cccc(CNCc2ccc(Br)cc2Cl)c1. The van der Waals surface area contributed by atoms with Gasteiger partial charge in [0.05, 0.1) is 5.56 Å². The van der Waals surface area contributed by atoms with Gasteiger partial charge in [-0.15, -0.1) is 0 Å². The molecule has 0 radical (unpaired) electrons. The first-order valence-corrected chi connectivity index (χ1v) is 7.34. The molecule has 0 saturated carbocycles. The van der Waals surface area contributed by atoms with E-state index in [4.69, 9.17) is 11.6 Å². The number of rotatable bonds is 4. The molecule has 2 aromatic carbocycles. The molecule has 0 aromatic heterocycles. The van der Waals surface area contributed by atoms with Crippen LogP contribution in [0.1, 0.15) is 16.7 Å². The van der Waals surface area contributed by atoms with Crippen LogP contribution in [0, 0.1) is 0 Å². The van der Waals surface area contributed by atoms with E-state index in [0.717, 1.165) is 22.2 Å². The molecule has 0 bridgehead atoms. The minimum atomic E-state index is -4.31. The molecule has 2 rings (SSSR count). The number of benzene rings is 2. The maximum Gasteiger partial charge on any atom is 0.416 e. The largest absolute Gasteiger partial charge is 0.416 e. The van der Waals surface area contributed by atoms with Crippen LogP contribution in [0.5, 0.6) is 0 Å². The predicted octanol–water partition coefficient (Wildman–Crippen LogP) is 5.41. The third kappa shape index (κ3) is 4.73. The monoisotopic (exact) mass is 377 g/mol. The second-order valence-electron chi connectivity index (χ2n) is 4.54. The highest BCUT2D eigenvalue weighted by atomic mass is 79.9. The highest BCUT2D eigenvalue weighted by Gasteiger charge is 2.30. The highest BCUT2D eigenvalue weighted by Crippen LogP contribution is 2.29. The standard InChI is InChI=1S/C15H12BrClF3N/c16-13-5-4-11(14(17)7-13)9-21-8-10-2-1-3-12(6-10)15(18,19)20/h1-7,21H,8-9H2. The molecule has 1 N–H and O–H groups in total. The van der Waals surface area contributed by atoms with Gasteiger partial charge in [0, 0.05) is 22.6 Å². The number of hydrogen-bond acceptors (Lipinski definition) is 1. The Hall–Kier alpha value is -1.04. The molecule has 1 nitrogen and oxygen atoms in total. The molecule has 0 unspecified atom stereocenters. The zero-order valence-electron chi connectivity index (χ0n) is 10.8. The lowest BCUT2D eigenvalue weighted by Gasteiger charge is -2.10. The van der Waals surface area contributed by atoms with Crippen LogP contribution in [0.2, 0.25) is 5.02 Å². The van der Waals surface area contributed by atoms with E-state index in [1.54, 1.807) is 12.1 Å². The van der Waals surface area contributed by atoms with Gasteiger partial charge in [-0.25, -0.2) is 0 Å². The lowest BCUT2D eigenvalue weighted by molar-refractivity contribution is -0.137. The summed E-state index contributed by atoms with van der Waals surface area (Å²) in [5.41, 5.74) is 0.841. The summed E-state index contributed by atoms with van der Waals surface area (Å²) in [5, 5.41) is 3.70. The second kappa shape index (κ2) is 6.81. The Labute approximate surface area is 134 Å². The van der Waals surface area contributed by atoms with Crippen molar-refractivity contribution in [3.05, 3.63) is 68.7 Å². The minimum Gasteiger partial charge on any atom is -0.309 e. The Balaban J connectivity index is 1.97. The van der Waals surface area contributed by atoms with Crippen LogP contribution in [0.3, 0.4) is 0 Å². The van der Waals surface area contributed by atoms with Crippen LogP contribution in [0.4, 0.5) is 13.2 Å². The van der Waals surface area contributed by atoms with Crippen molar-refractivity contribution in [1.82, 2.24) is 5.32 Å². The van der Waals surface area contributed by atoms with Crippen LogP contribution >= 0.6 is 27.5 Å². The van der Waals surface area contributed by atoms with E-state index in [1.807, 2.05) is 12.1 Å². The fourth-order valence-electron chi connectivity index (χ4n) is 1.86. The molecule has 0 atom stereocenters. The Kier molecular flexibility index (Phi) is 5.30. The molecule has 0 spiro atoms. The Bertz CT molecular complexity index is 629. The van der Waals surface area contributed by atoms with Crippen molar-refractivity contribution in [1.29, 1.82) is 0 Å². The van der Waals surface area contributed by atoms with Gasteiger partial charge >= 0.3 is 6.18 Å². The van der Waals surface area contributed by atoms with Gasteiger partial charge in [-0.3, -0.25) is 0 Å². The van der Waals surface area contributed by atoms with E-state index in [1.165, 1.54) is 6.07 Å². The number of halogens is 5. The first-order valence-electron chi connectivity index (χ1n) is 6.17. The zero-order chi connectivity index (χ0) is 15.5. The van der Waals surface area contributed by atoms with Gasteiger partial charge < -0.3 is 5.32 Å². The van der Waals surface area contributed by atoms with Crippen molar-refractivity contribution in [3.63, 3.8) is 0 Å². The molecule has 0 amide bonds.